The van der Waals surface area contributed by atoms with E-state index in [4.69, 9.17) is 10.6 Å². The molecule has 3 N–H and O–H groups in total. The number of hydrazine groups is 1. The Kier molecular flexibility index (Phi) is 3.79. The third-order valence-electron chi connectivity index (χ3n) is 2.74. The Morgan fingerprint density at radius 1 is 1.67 bits per heavy atom. The summed E-state index contributed by atoms with van der Waals surface area (Å²) in [4.78, 5) is 1.22. The minimum absolute atomic E-state index is 0.101. The predicted octanol–water partition coefficient (Wildman–Crippen LogP) is 2.58. The number of halogens is 1. The van der Waals surface area contributed by atoms with Gasteiger partial charge in [-0.25, -0.2) is 5.43 Å². The van der Waals surface area contributed by atoms with Gasteiger partial charge in [-0.2, -0.15) is 0 Å². The Bertz CT molecular complexity index is 331. The fourth-order valence-electron chi connectivity index (χ4n) is 1.96. The van der Waals surface area contributed by atoms with Gasteiger partial charge in [-0.15, -0.1) is 11.3 Å². The molecule has 0 spiro atoms. The molecule has 1 aliphatic rings. The number of nitrogens with two attached hydrogens (primary N) is 1. The molecule has 1 aromatic heterocycles. The van der Waals surface area contributed by atoms with Gasteiger partial charge in [-0.05, 0) is 47.1 Å². The van der Waals surface area contributed by atoms with Crippen LogP contribution in [-0.2, 0) is 4.74 Å². The zero-order valence-electron chi connectivity index (χ0n) is 8.57. The molecule has 1 fully saturated rings. The first kappa shape index (κ1) is 11.5. The van der Waals surface area contributed by atoms with Crippen molar-refractivity contribution in [1.82, 2.24) is 5.43 Å². The van der Waals surface area contributed by atoms with E-state index in [0.29, 0.717) is 6.10 Å². The minimum atomic E-state index is 0.101. The first-order valence-electron chi connectivity index (χ1n) is 5.07. The molecule has 1 saturated heterocycles. The van der Waals surface area contributed by atoms with Gasteiger partial charge >= 0.3 is 0 Å². The summed E-state index contributed by atoms with van der Waals surface area (Å²) in [7, 11) is 0. The quantitative estimate of drug-likeness (QED) is 0.664. The predicted molar refractivity (Wildman–Crippen MR) is 65.7 cm³/mol. The average molecular weight is 291 g/mol. The van der Waals surface area contributed by atoms with Gasteiger partial charge in [0.05, 0.1) is 18.2 Å². The van der Waals surface area contributed by atoms with E-state index in [9.17, 15) is 0 Å². The van der Waals surface area contributed by atoms with Gasteiger partial charge in [0, 0.05) is 9.35 Å². The number of rotatable bonds is 3. The van der Waals surface area contributed by atoms with Gasteiger partial charge < -0.3 is 4.74 Å². The zero-order chi connectivity index (χ0) is 10.8. The topological polar surface area (TPSA) is 47.3 Å². The van der Waals surface area contributed by atoms with E-state index >= 15 is 0 Å². The number of nitrogens with one attached hydrogen (secondary N) is 1. The van der Waals surface area contributed by atoms with Crippen molar-refractivity contribution in [3.63, 3.8) is 0 Å². The van der Waals surface area contributed by atoms with Crippen LogP contribution in [0.5, 0.6) is 0 Å². The molecule has 3 unspecified atom stereocenters. The molecular weight excluding hydrogens is 276 g/mol. The molecule has 0 aromatic carbocycles. The van der Waals surface area contributed by atoms with Gasteiger partial charge in [0.1, 0.15) is 0 Å². The van der Waals surface area contributed by atoms with Gasteiger partial charge in [0.2, 0.25) is 0 Å². The van der Waals surface area contributed by atoms with E-state index in [1.165, 1.54) is 4.88 Å². The first-order chi connectivity index (χ1) is 7.22. The number of hydrogen-bond donors (Lipinski definition) is 2. The van der Waals surface area contributed by atoms with Gasteiger partial charge in [-0.3, -0.25) is 5.84 Å². The highest BCUT2D eigenvalue weighted by molar-refractivity contribution is 9.10. The standard InChI is InChI=1S/C10H15BrN2OS/c1-6-2-3-8(14-6)9(13-12)10-7(11)4-5-15-10/h4-6,8-9,13H,2-3,12H2,1H3. The summed E-state index contributed by atoms with van der Waals surface area (Å²) in [5, 5.41) is 2.06. The number of hydrogen-bond acceptors (Lipinski definition) is 4. The summed E-state index contributed by atoms with van der Waals surface area (Å²) in [5.41, 5.74) is 2.86. The van der Waals surface area contributed by atoms with Crippen molar-refractivity contribution in [1.29, 1.82) is 0 Å². The third kappa shape index (κ3) is 2.42. The fourth-order valence-corrected chi connectivity index (χ4v) is 3.69. The molecule has 0 amide bonds. The van der Waals surface area contributed by atoms with Crippen LogP contribution in [0.15, 0.2) is 15.9 Å². The van der Waals surface area contributed by atoms with Crippen molar-refractivity contribution < 1.29 is 4.74 Å². The maximum absolute atomic E-state index is 5.84. The lowest BCUT2D eigenvalue weighted by molar-refractivity contribution is 0.0322. The number of thiophene rings is 1. The van der Waals surface area contributed by atoms with Crippen LogP contribution in [0.25, 0.3) is 0 Å². The fraction of sp³-hybridized carbons (Fsp3) is 0.600. The van der Waals surface area contributed by atoms with Crippen molar-refractivity contribution in [3.05, 3.63) is 20.8 Å². The molecule has 15 heavy (non-hydrogen) atoms. The second-order valence-electron chi connectivity index (χ2n) is 3.84. The van der Waals surface area contributed by atoms with E-state index in [1.807, 2.05) is 6.07 Å². The zero-order valence-corrected chi connectivity index (χ0v) is 11.0. The Morgan fingerprint density at radius 2 is 2.47 bits per heavy atom. The third-order valence-corrected chi connectivity index (χ3v) is 4.70. The SMILES string of the molecule is CC1CCC(C(NN)c2sccc2Br)O1. The molecule has 0 bridgehead atoms. The highest BCUT2D eigenvalue weighted by atomic mass is 79.9. The Balaban J connectivity index is 2.14. The highest BCUT2D eigenvalue weighted by Gasteiger charge is 2.31. The number of ether oxygens (including phenoxy) is 1. The van der Waals surface area contributed by atoms with Crippen LogP contribution in [0.3, 0.4) is 0 Å². The highest BCUT2D eigenvalue weighted by Crippen LogP contribution is 2.35. The Labute approximate surface area is 102 Å². The van der Waals surface area contributed by atoms with Crippen LogP contribution in [0.1, 0.15) is 30.7 Å². The molecule has 2 rings (SSSR count). The molecule has 0 radical (unpaired) electrons. The van der Waals surface area contributed by atoms with E-state index in [1.54, 1.807) is 11.3 Å². The van der Waals surface area contributed by atoms with Crippen molar-refractivity contribution in [2.45, 2.75) is 38.0 Å². The molecule has 5 heteroatoms. The van der Waals surface area contributed by atoms with Crippen LogP contribution >= 0.6 is 27.3 Å². The lowest BCUT2D eigenvalue weighted by Crippen LogP contribution is -2.36. The smallest absolute Gasteiger partial charge is 0.0826 e. The second kappa shape index (κ2) is 4.93. The van der Waals surface area contributed by atoms with Crippen molar-refractivity contribution in [2.75, 3.05) is 0 Å². The van der Waals surface area contributed by atoms with Gasteiger partial charge in [0.25, 0.3) is 0 Å². The van der Waals surface area contributed by atoms with Gasteiger partial charge in [0.15, 0.2) is 0 Å². The molecule has 3 atom stereocenters. The second-order valence-corrected chi connectivity index (χ2v) is 5.64. The maximum Gasteiger partial charge on any atom is 0.0826 e. The van der Waals surface area contributed by atoms with Crippen molar-refractivity contribution >= 4 is 27.3 Å². The van der Waals surface area contributed by atoms with Crippen LogP contribution < -0.4 is 11.3 Å². The summed E-state index contributed by atoms with van der Waals surface area (Å²) in [6.45, 7) is 2.11. The van der Waals surface area contributed by atoms with E-state index in [0.717, 1.165) is 17.3 Å². The van der Waals surface area contributed by atoms with Crippen molar-refractivity contribution in [3.8, 4) is 0 Å². The van der Waals surface area contributed by atoms with Crippen LogP contribution in [0.2, 0.25) is 0 Å². The molecule has 0 saturated carbocycles. The van der Waals surface area contributed by atoms with E-state index in [2.05, 4.69) is 33.7 Å². The van der Waals surface area contributed by atoms with Crippen molar-refractivity contribution in [2.24, 2.45) is 5.84 Å². The summed E-state index contributed by atoms with van der Waals surface area (Å²) in [6.07, 6.45) is 2.73. The molecular formula is C10H15BrN2OS. The maximum atomic E-state index is 5.84. The molecule has 0 aliphatic carbocycles. The van der Waals surface area contributed by atoms with E-state index < -0.39 is 0 Å². The molecule has 1 aromatic rings. The monoisotopic (exact) mass is 290 g/mol. The molecule has 1 aliphatic heterocycles. The van der Waals surface area contributed by atoms with Crippen LogP contribution in [-0.4, -0.2) is 12.2 Å². The lowest BCUT2D eigenvalue weighted by Gasteiger charge is -2.22. The normalized spacial score (nSPS) is 28.2. The summed E-state index contributed by atoms with van der Waals surface area (Å²) >= 11 is 5.23. The van der Waals surface area contributed by atoms with Crippen LogP contribution in [0, 0.1) is 0 Å². The largest absolute Gasteiger partial charge is 0.373 e. The summed E-state index contributed by atoms with van der Waals surface area (Å²) in [5.74, 6) is 5.61. The van der Waals surface area contributed by atoms with Crippen LogP contribution in [0.4, 0.5) is 0 Å². The van der Waals surface area contributed by atoms with Gasteiger partial charge in [-0.1, -0.05) is 0 Å². The molecule has 2 heterocycles. The molecule has 3 nitrogen and oxygen atoms in total. The summed E-state index contributed by atoms with van der Waals surface area (Å²) in [6, 6.07) is 2.15. The first-order valence-corrected chi connectivity index (χ1v) is 6.74. The Hall–Kier alpha value is 0.0600. The Morgan fingerprint density at radius 3 is 2.93 bits per heavy atom. The average Bonchev–Trinajstić information content (AvgIpc) is 2.79. The minimum Gasteiger partial charge on any atom is -0.373 e. The lowest BCUT2D eigenvalue weighted by atomic mass is 10.1. The summed E-state index contributed by atoms with van der Waals surface area (Å²) < 4.78 is 6.95. The molecule has 84 valence electrons. The van der Waals surface area contributed by atoms with E-state index in [-0.39, 0.29) is 12.1 Å².